The van der Waals surface area contributed by atoms with Crippen LogP contribution in [0.3, 0.4) is 0 Å². The summed E-state index contributed by atoms with van der Waals surface area (Å²) in [4.78, 5) is 0. The molecule has 0 spiro atoms. The van der Waals surface area contributed by atoms with Crippen LogP contribution in [0.1, 0.15) is 0 Å². The highest BCUT2D eigenvalue weighted by Gasteiger charge is 2.45. The van der Waals surface area contributed by atoms with E-state index >= 15 is 0 Å². The monoisotopic (exact) mass is 220 g/mol. The molecule has 0 aromatic rings. The molecule has 0 amide bonds. The summed E-state index contributed by atoms with van der Waals surface area (Å²) in [6.07, 6.45) is 1.33. The summed E-state index contributed by atoms with van der Waals surface area (Å²) in [6, 6.07) is 3.85. The first-order valence-electron chi connectivity index (χ1n) is 4.44. The van der Waals surface area contributed by atoms with Crippen LogP contribution in [-0.2, 0) is 9.47 Å². The van der Waals surface area contributed by atoms with Gasteiger partial charge < -0.3 is 20.9 Å². The zero-order valence-electron chi connectivity index (χ0n) is 9.02. The lowest BCUT2D eigenvalue weighted by Crippen LogP contribution is -2.42. The Morgan fingerprint density at radius 3 is 2.38 bits per heavy atom. The zero-order chi connectivity index (χ0) is 12.3. The molecule has 0 bridgehead atoms. The van der Waals surface area contributed by atoms with Gasteiger partial charge in [-0.1, -0.05) is 0 Å². The molecule has 1 rings (SSSR count). The molecule has 6 heteroatoms. The van der Waals surface area contributed by atoms with Crippen LogP contribution in [0, 0.1) is 28.6 Å². The van der Waals surface area contributed by atoms with Crippen molar-refractivity contribution in [2.24, 2.45) is 17.4 Å². The highest BCUT2D eigenvalue weighted by Crippen LogP contribution is 2.35. The molecule has 0 saturated heterocycles. The molecule has 1 aliphatic carbocycles. The van der Waals surface area contributed by atoms with E-state index in [1.807, 2.05) is 12.1 Å². The van der Waals surface area contributed by atoms with Gasteiger partial charge in [0.1, 0.15) is 11.8 Å². The van der Waals surface area contributed by atoms with Gasteiger partial charge in [0.2, 0.25) is 0 Å². The largest absolute Gasteiger partial charge is 0.497 e. The lowest BCUT2D eigenvalue weighted by molar-refractivity contribution is 0.0372. The minimum atomic E-state index is -1.45. The lowest BCUT2D eigenvalue weighted by atomic mass is 9.82. The van der Waals surface area contributed by atoms with Gasteiger partial charge in [-0.15, -0.1) is 0 Å². The molecule has 0 aromatic carbocycles. The SMILES string of the molecule is COC1=C(N)C(N)=CC(C#N)(OC)C1C#N. The Kier molecular flexibility index (Phi) is 3.07. The fourth-order valence-corrected chi connectivity index (χ4v) is 1.59. The third kappa shape index (κ3) is 1.46. The fourth-order valence-electron chi connectivity index (χ4n) is 1.59. The highest BCUT2D eigenvalue weighted by atomic mass is 16.5. The highest BCUT2D eigenvalue weighted by molar-refractivity contribution is 5.45. The molecule has 84 valence electrons. The van der Waals surface area contributed by atoms with E-state index in [1.54, 1.807) is 0 Å². The Morgan fingerprint density at radius 1 is 1.38 bits per heavy atom. The summed E-state index contributed by atoms with van der Waals surface area (Å²) in [5.74, 6) is -0.773. The van der Waals surface area contributed by atoms with Crippen LogP contribution in [0.25, 0.3) is 0 Å². The minimum absolute atomic E-state index is 0.158. The zero-order valence-corrected chi connectivity index (χ0v) is 9.02. The molecule has 6 nitrogen and oxygen atoms in total. The van der Waals surface area contributed by atoms with Gasteiger partial charge in [-0.3, -0.25) is 0 Å². The van der Waals surface area contributed by atoms with E-state index in [2.05, 4.69) is 0 Å². The Balaban J connectivity index is 3.42. The second-order valence-electron chi connectivity index (χ2n) is 3.25. The van der Waals surface area contributed by atoms with Crippen LogP contribution in [0.4, 0.5) is 0 Å². The first kappa shape index (κ1) is 11.9. The van der Waals surface area contributed by atoms with Gasteiger partial charge in [0.05, 0.1) is 24.6 Å². The van der Waals surface area contributed by atoms with Crippen molar-refractivity contribution >= 4 is 0 Å². The van der Waals surface area contributed by atoms with Crippen molar-refractivity contribution in [2.75, 3.05) is 14.2 Å². The standard InChI is InChI=1S/C10H12N4O2/c1-15-9-6(4-11)10(5-12,16-2)3-7(13)8(9)14/h3,6H,13-14H2,1-2H3. The lowest BCUT2D eigenvalue weighted by Gasteiger charge is -2.32. The number of nitrogens with zero attached hydrogens (tertiary/aromatic N) is 2. The normalized spacial score (nSPS) is 29.0. The van der Waals surface area contributed by atoms with E-state index in [-0.39, 0.29) is 17.2 Å². The molecule has 0 radical (unpaired) electrons. The maximum absolute atomic E-state index is 9.12. The van der Waals surface area contributed by atoms with E-state index in [1.165, 1.54) is 20.3 Å². The molecule has 0 heterocycles. The fraction of sp³-hybridized carbons (Fsp3) is 0.400. The van der Waals surface area contributed by atoms with E-state index in [4.69, 9.17) is 31.5 Å². The molecule has 16 heavy (non-hydrogen) atoms. The van der Waals surface area contributed by atoms with Crippen molar-refractivity contribution in [1.29, 1.82) is 10.5 Å². The molecule has 0 aliphatic heterocycles. The van der Waals surface area contributed by atoms with Gasteiger partial charge in [-0.05, 0) is 6.08 Å². The third-order valence-corrected chi connectivity index (χ3v) is 2.50. The Morgan fingerprint density at radius 2 is 2.00 bits per heavy atom. The molecule has 1 aliphatic rings. The van der Waals surface area contributed by atoms with Crippen molar-refractivity contribution < 1.29 is 9.47 Å². The van der Waals surface area contributed by atoms with Gasteiger partial charge in [-0.25, -0.2) is 0 Å². The predicted molar refractivity (Wildman–Crippen MR) is 54.9 cm³/mol. The molecule has 2 unspecified atom stereocenters. The predicted octanol–water partition coefficient (Wildman–Crippen LogP) is -0.292. The van der Waals surface area contributed by atoms with Gasteiger partial charge in [-0.2, -0.15) is 10.5 Å². The van der Waals surface area contributed by atoms with Crippen molar-refractivity contribution in [3.8, 4) is 12.1 Å². The number of ether oxygens (including phenoxy) is 2. The second-order valence-corrected chi connectivity index (χ2v) is 3.25. The summed E-state index contributed by atoms with van der Waals surface area (Å²) < 4.78 is 10.1. The number of rotatable bonds is 2. The maximum Gasteiger partial charge on any atom is 0.197 e. The molecule has 0 fully saturated rings. The molecular formula is C10H12N4O2. The van der Waals surface area contributed by atoms with Crippen LogP contribution in [-0.4, -0.2) is 19.8 Å². The smallest absolute Gasteiger partial charge is 0.197 e. The number of hydrogen-bond donors (Lipinski definition) is 2. The molecule has 2 atom stereocenters. The van der Waals surface area contributed by atoms with Crippen molar-refractivity contribution in [3.05, 3.63) is 23.2 Å². The molecule has 0 aromatic heterocycles. The number of nitrogens with two attached hydrogens (primary N) is 2. The maximum atomic E-state index is 9.12. The summed E-state index contributed by atoms with van der Waals surface area (Å²) in [5, 5.41) is 18.2. The van der Waals surface area contributed by atoms with Crippen LogP contribution in [0.5, 0.6) is 0 Å². The Labute approximate surface area is 93.3 Å². The van der Waals surface area contributed by atoms with Gasteiger partial charge in [0, 0.05) is 7.11 Å². The van der Waals surface area contributed by atoms with Crippen molar-refractivity contribution in [1.82, 2.24) is 0 Å². The van der Waals surface area contributed by atoms with Crippen molar-refractivity contribution in [3.63, 3.8) is 0 Å². The van der Waals surface area contributed by atoms with Crippen LogP contribution >= 0.6 is 0 Å². The summed E-state index contributed by atoms with van der Waals surface area (Å²) >= 11 is 0. The van der Waals surface area contributed by atoms with E-state index in [0.717, 1.165) is 0 Å². The first-order valence-corrected chi connectivity index (χ1v) is 4.44. The molecular weight excluding hydrogens is 208 g/mol. The van der Waals surface area contributed by atoms with Crippen LogP contribution < -0.4 is 11.5 Å². The van der Waals surface area contributed by atoms with Gasteiger partial charge in [0.15, 0.2) is 11.5 Å². The number of nitriles is 2. The number of hydrogen-bond acceptors (Lipinski definition) is 6. The van der Waals surface area contributed by atoms with Crippen LogP contribution in [0.2, 0.25) is 0 Å². The second kappa shape index (κ2) is 4.13. The molecule has 4 N–H and O–H groups in total. The first-order chi connectivity index (χ1) is 7.56. The summed E-state index contributed by atoms with van der Waals surface area (Å²) in [7, 11) is 2.69. The average Bonchev–Trinajstić information content (AvgIpc) is 2.31. The Bertz CT molecular complexity index is 441. The summed E-state index contributed by atoms with van der Waals surface area (Å²) in [6.45, 7) is 0. The number of methoxy groups -OCH3 is 2. The van der Waals surface area contributed by atoms with Crippen LogP contribution in [0.15, 0.2) is 23.2 Å². The Hall–Kier alpha value is -2.18. The van der Waals surface area contributed by atoms with E-state index < -0.39 is 11.5 Å². The third-order valence-electron chi connectivity index (χ3n) is 2.50. The van der Waals surface area contributed by atoms with Gasteiger partial charge in [0.25, 0.3) is 0 Å². The molecule has 0 saturated carbocycles. The quantitative estimate of drug-likeness (QED) is 0.660. The van der Waals surface area contributed by atoms with Crippen molar-refractivity contribution in [2.45, 2.75) is 5.60 Å². The van der Waals surface area contributed by atoms with E-state index in [0.29, 0.717) is 0 Å². The van der Waals surface area contributed by atoms with Gasteiger partial charge >= 0.3 is 0 Å². The minimum Gasteiger partial charge on any atom is -0.497 e. The topological polar surface area (TPSA) is 118 Å². The average molecular weight is 220 g/mol. The summed E-state index contributed by atoms with van der Waals surface area (Å²) in [5.41, 5.74) is 10.2. The van der Waals surface area contributed by atoms with E-state index in [9.17, 15) is 0 Å².